The smallest absolute Gasteiger partial charge is 0.134 e. The summed E-state index contributed by atoms with van der Waals surface area (Å²) in [5.74, 6) is 0.876. The molecule has 0 bridgehead atoms. The fraction of sp³-hybridized carbons (Fsp3) is 0.188. The fourth-order valence-electron chi connectivity index (χ4n) is 2.41. The van der Waals surface area contributed by atoms with E-state index in [0.29, 0.717) is 0 Å². The minimum absolute atomic E-state index is 0.0595. The van der Waals surface area contributed by atoms with Gasteiger partial charge in [0.1, 0.15) is 5.75 Å². The van der Waals surface area contributed by atoms with Gasteiger partial charge in [-0.2, -0.15) is 0 Å². The normalized spacial score (nSPS) is 12.5. The van der Waals surface area contributed by atoms with Crippen molar-refractivity contribution in [2.24, 2.45) is 5.73 Å². The Labute approximate surface area is 122 Å². The molecule has 2 N–H and O–H groups in total. The van der Waals surface area contributed by atoms with Crippen molar-refractivity contribution in [1.82, 2.24) is 4.98 Å². The molecule has 0 spiro atoms. The van der Waals surface area contributed by atoms with Crippen LogP contribution in [0.5, 0.6) is 5.75 Å². The monoisotopic (exact) mass is 284 g/mol. The third-order valence-electron chi connectivity index (χ3n) is 3.39. The number of rotatable bonds is 4. The Hall–Kier alpha value is -1.91. The molecule has 0 aliphatic heterocycles. The van der Waals surface area contributed by atoms with E-state index in [0.717, 1.165) is 22.6 Å². The molecule has 2 heterocycles. The first-order valence-electron chi connectivity index (χ1n) is 6.49. The molecule has 102 valence electrons. The van der Waals surface area contributed by atoms with E-state index in [-0.39, 0.29) is 6.04 Å². The predicted molar refractivity (Wildman–Crippen MR) is 83.2 cm³/mol. The van der Waals surface area contributed by atoms with Crippen molar-refractivity contribution in [2.45, 2.75) is 12.5 Å². The first kappa shape index (κ1) is 13.1. The van der Waals surface area contributed by atoms with Gasteiger partial charge in [0.15, 0.2) is 0 Å². The summed E-state index contributed by atoms with van der Waals surface area (Å²) in [5.41, 5.74) is 8.58. The Morgan fingerprint density at radius 1 is 1.25 bits per heavy atom. The van der Waals surface area contributed by atoms with Gasteiger partial charge in [-0.05, 0) is 35.6 Å². The first-order chi connectivity index (χ1) is 9.79. The lowest BCUT2D eigenvalue weighted by Gasteiger charge is -2.13. The number of pyridine rings is 1. The fourth-order valence-corrected chi connectivity index (χ4v) is 3.27. The standard InChI is InChI=1S/C16H16N2OS/c1-19-15-7-9-20-16(15)13(17)10-11-6-8-18-14-5-3-2-4-12(11)14/h2-9,13H,10,17H2,1H3. The van der Waals surface area contributed by atoms with Gasteiger partial charge in [-0.3, -0.25) is 4.98 Å². The number of thiophene rings is 1. The SMILES string of the molecule is COc1ccsc1C(N)Cc1ccnc2ccccc12. The van der Waals surface area contributed by atoms with E-state index in [2.05, 4.69) is 11.1 Å². The highest BCUT2D eigenvalue weighted by molar-refractivity contribution is 7.10. The minimum atomic E-state index is -0.0595. The van der Waals surface area contributed by atoms with Crippen LogP contribution in [0, 0.1) is 0 Å². The first-order valence-corrected chi connectivity index (χ1v) is 7.37. The molecule has 1 atom stereocenters. The van der Waals surface area contributed by atoms with Gasteiger partial charge in [-0.15, -0.1) is 11.3 Å². The van der Waals surface area contributed by atoms with Gasteiger partial charge in [0, 0.05) is 17.6 Å². The lowest BCUT2D eigenvalue weighted by molar-refractivity contribution is 0.409. The van der Waals surface area contributed by atoms with Gasteiger partial charge < -0.3 is 10.5 Å². The minimum Gasteiger partial charge on any atom is -0.496 e. The number of aromatic nitrogens is 1. The van der Waals surface area contributed by atoms with Crippen molar-refractivity contribution in [3.63, 3.8) is 0 Å². The van der Waals surface area contributed by atoms with Crippen molar-refractivity contribution in [1.29, 1.82) is 0 Å². The molecule has 0 saturated carbocycles. The van der Waals surface area contributed by atoms with Crippen LogP contribution in [0.25, 0.3) is 10.9 Å². The summed E-state index contributed by atoms with van der Waals surface area (Å²) >= 11 is 1.64. The molecule has 1 aromatic carbocycles. The number of nitrogens with two attached hydrogens (primary N) is 1. The predicted octanol–water partition coefficient (Wildman–Crippen LogP) is 3.55. The van der Waals surface area contributed by atoms with E-state index in [9.17, 15) is 0 Å². The molecule has 0 saturated heterocycles. The number of methoxy groups -OCH3 is 1. The second kappa shape index (κ2) is 5.61. The van der Waals surface area contributed by atoms with Crippen LogP contribution in [0.1, 0.15) is 16.5 Å². The topological polar surface area (TPSA) is 48.1 Å². The van der Waals surface area contributed by atoms with E-state index < -0.39 is 0 Å². The van der Waals surface area contributed by atoms with Gasteiger partial charge in [0.2, 0.25) is 0 Å². The van der Waals surface area contributed by atoms with Crippen LogP contribution in [-0.4, -0.2) is 12.1 Å². The maximum Gasteiger partial charge on any atom is 0.134 e. The van der Waals surface area contributed by atoms with Crippen molar-refractivity contribution in [3.05, 3.63) is 58.4 Å². The van der Waals surface area contributed by atoms with Crippen LogP contribution in [-0.2, 0) is 6.42 Å². The zero-order chi connectivity index (χ0) is 13.9. The molecule has 3 rings (SSSR count). The molecule has 0 radical (unpaired) electrons. The zero-order valence-electron chi connectivity index (χ0n) is 11.2. The number of nitrogens with zero attached hydrogens (tertiary/aromatic N) is 1. The molecule has 0 fully saturated rings. The molecule has 4 heteroatoms. The number of ether oxygens (including phenoxy) is 1. The lowest BCUT2D eigenvalue weighted by atomic mass is 10.0. The Bertz CT molecular complexity index is 718. The average molecular weight is 284 g/mol. The van der Waals surface area contributed by atoms with E-state index in [1.54, 1.807) is 18.4 Å². The second-order valence-electron chi connectivity index (χ2n) is 4.65. The molecule has 1 unspecified atom stereocenters. The van der Waals surface area contributed by atoms with Crippen LogP contribution in [0.3, 0.4) is 0 Å². The largest absolute Gasteiger partial charge is 0.496 e. The zero-order valence-corrected chi connectivity index (χ0v) is 12.1. The number of hydrogen-bond donors (Lipinski definition) is 1. The van der Waals surface area contributed by atoms with Crippen LogP contribution < -0.4 is 10.5 Å². The van der Waals surface area contributed by atoms with Crippen molar-refractivity contribution in [2.75, 3.05) is 7.11 Å². The Kier molecular flexibility index (Phi) is 3.67. The molecular formula is C16H16N2OS. The highest BCUT2D eigenvalue weighted by Crippen LogP contribution is 2.32. The number of hydrogen-bond acceptors (Lipinski definition) is 4. The van der Waals surface area contributed by atoms with E-state index >= 15 is 0 Å². The number of benzene rings is 1. The molecular weight excluding hydrogens is 268 g/mol. The molecule has 3 nitrogen and oxygen atoms in total. The summed E-state index contributed by atoms with van der Waals surface area (Å²) in [5, 5.41) is 3.18. The molecule has 0 aliphatic rings. The maximum atomic E-state index is 6.35. The second-order valence-corrected chi connectivity index (χ2v) is 5.60. The molecule has 0 aliphatic carbocycles. The Morgan fingerprint density at radius 2 is 2.10 bits per heavy atom. The summed E-state index contributed by atoms with van der Waals surface area (Å²) in [7, 11) is 1.68. The summed E-state index contributed by atoms with van der Waals surface area (Å²) < 4.78 is 5.35. The van der Waals surface area contributed by atoms with E-state index in [1.807, 2.05) is 41.9 Å². The highest BCUT2D eigenvalue weighted by Gasteiger charge is 2.15. The summed E-state index contributed by atoms with van der Waals surface area (Å²) in [6.07, 6.45) is 2.62. The quantitative estimate of drug-likeness (QED) is 0.797. The van der Waals surface area contributed by atoms with Gasteiger partial charge in [-0.1, -0.05) is 18.2 Å². The van der Waals surface area contributed by atoms with Crippen molar-refractivity contribution in [3.8, 4) is 5.75 Å². The third-order valence-corrected chi connectivity index (χ3v) is 4.42. The van der Waals surface area contributed by atoms with Gasteiger partial charge >= 0.3 is 0 Å². The summed E-state index contributed by atoms with van der Waals surface area (Å²) in [6, 6.07) is 12.1. The molecule has 2 aromatic heterocycles. The van der Waals surface area contributed by atoms with Crippen LogP contribution in [0.4, 0.5) is 0 Å². The van der Waals surface area contributed by atoms with E-state index in [4.69, 9.17) is 10.5 Å². The van der Waals surface area contributed by atoms with Gasteiger partial charge in [0.25, 0.3) is 0 Å². The molecule has 3 aromatic rings. The Balaban J connectivity index is 1.93. The Morgan fingerprint density at radius 3 is 2.95 bits per heavy atom. The van der Waals surface area contributed by atoms with Crippen molar-refractivity contribution < 1.29 is 4.74 Å². The number of para-hydroxylation sites is 1. The lowest BCUT2D eigenvalue weighted by Crippen LogP contribution is -2.13. The van der Waals surface area contributed by atoms with Crippen molar-refractivity contribution >= 4 is 22.2 Å². The van der Waals surface area contributed by atoms with Gasteiger partial charge in [-0.25, -0.2) is 0 Å². The molecule has 20 heavy (non-hydrogen) atoms. The van der Waals surface area contributed by atoms with Crippen LogP contribution in [0.2, 0.25) is 0 Å². The number of fused-ring (bicyclic) bond motifs is 1. The summed E-state index contributed by atoms with van der Waals surface area (Å²) in [4.78, 5) is 5.47. The average Bonchev–Trinajstić information content (AvgIpc) is 2.96. The van der Waals surface area contributed by atoms with Gasteiger partial charge in [0.05, 0.1) is 17.5 Å². The third kappa shape index (κ3) is 2.40. The van der Waals surface area contributed by atoms with E-state index in [1.165, 1.54) is 10.9 Å². The van der Waals surface area contributed by atoms with Crippen LogP contribution in [0.15, 0.2) is 48.0 Å². The van der Waals surface area contributed by atoms with Crippen LogP contribution >= 0.6 is 11.3 Å². The summed E-state index contributed by atoms with van der Waals surface area (Å²) in [6.45, 7) is 0. The highest BCUT2D eigenvalue weighted by atomic mass is 32.1. The molecule has 0 amide bonds. The maximum absolute atomic E-state index is 6.35.